The first-order chi connectivity index (χ1) is 17.9. The molecule has 8 nitrogen and oxygen atoms in total. The Hall–Kier alpha value is -1.74. The van der Waals surface area contributed by atoms with Crippen LogP contribution in [0.1, 0.15) is 92.9 Å². The first kappa shape index (κ1) is 27.8. The highest BCUT2D eigenvalue weighted by Crippen LogP contribution is 2.49. The van der Waals surface area contributed by atoms with Gasteiger partial charge in [0.15, 0.2) is 0 Å². The Bertz CT molecular complexity index is 940. The summed E-state index contributed by atoms with van der Waals surface area (Å²) in [7, 11) is 0. The Labute approximate surface area is 226 Å². The number of fused-ring (bicyclic) bond motifs is 4. The van der Waals surface area contributed by atoms with Gasteiger partial charge in [0.25, 0.3) is 0 Å². The van der Waals surface area contributed by atoms with Crippen LogP contribution in [0.5, 0.6) is 0 Å². The van der Waals surface area contributed by atoms with E-state index in [1.807, 2.05) is 12.2 Å². The van der Waals surface area contributed by atoms with Gasteiger partial charge in [0.2, 0.25) is 0 Å². The maximum absolute atomic E-state index is 12.5. The maximum Gasteiger partial charge on any atom is 0.333 e. The van der Waals surface area contributed by atoms with Crippen LogP contribution in [0.2, 0.25) is 0 Å². The minimum Gasteiger partial charge on any atom is -0.459 e. The van der Waals surface area contributed by atoms with E-state index in [1.54, 1.807) is 13.8 Å². The molecule has 0 aromatic rings. The first-order valence-corrected chi connectivity index (χ1v) is 14.2. The Kier molecular flexibility index (Phi) is 7.34. The number of ether oxygens (including phenoxy) is 6. The van der Waals surface area contributed by atoms with E-state index in [1.165, 1.54) is 0 Å². The quantitative estimate of drug-likeness (QED) is 0.326. The summed E-state index contributed by atoms with van der Waals surface area (Å²) in [6.07, 6.45) is 10.8. The Balaban J connectivity index is 1.17. The van der Waals surface area contributed by atoms with E-state index in [-0.39, 0.29) is 72.0 Å². The molecule has 0 bridgehead atoms. The highest BCUT2D eigenvalue weighted by atomic mass is 16.6. The van der Waals surface area contributed by atoms with Crippen molar-refractivity contribution >= 4 is 11.9 Å². The molecule has 0 N–H and O–H groups in total. The average Bonchev–Trinajstić information content (AvgIpc) is 3.80. The topological polar surface area (TPSA) is 103 Å². The van der Waals surface area contributed by atoms with E-state index in [0.29, 0.717) is 11.1 Å². The van der Waals surface area contributed by atoms with Crippen LogP contribution in [-0.4, -0.2) is 72.0 Å². The second kappa shape index (κ2) is 10.0. The Morgan fingerprint density at radius 1 is 0.579 bits per heavy atom. The van der Waals surface area contributed by atoms with E-state index in [4.69, 9.17) is 28.4 Å². The van der Waals surface area contributed by atoms with Crippen molar-refractivity contribution in [2.24, 2.45) is 0 Å². The summed E-state index contributed by atoms with van der Waals surface area (Å²) in [6.45, 7) is 12.5. The van der Waals surface area contributed by atoms with Crippen molar-refractivity contribution in [3.63, 3.8) is 0 Å². The summed E-state index contributed by atoms with van der Waals surface area (Å²) in [4.78, 5) is 25.0. The van der Waals surface area contributed by atoms with Gasteiger partial charge in [-0.15, -0.1) is 0 Å². The van der Waals surface area contributed by atoms with E-state index < -0.39 is 0 Å². The lowest BCUT2D eigenvalue weighted by atomic mass is 9.93. The molecule has 8 heteroatoms. The van der Waals surface area contributed by atoms with E-state index in [9.17, 15) is 9.59 Å². The van der Waals surface area contributed by atoms with Gasteiger partial charge in [-0.25, -0.2) is 9.59 Å². The van der Waals surface area contributed by atoms with Gasteiger partial charge in [-0.3, -0.25) is 0 Å². The van der Waals surface area contributed by atoms with Crippen LogP contribution in [0, 0.1) is 0 Å². The molecule has 0 aromatic heterocycles. The fraction of sp³-hybridized carbons (Fsp3) is 0.800. The van der Waals surface area contributed by atoms with Crippen LogP contribution in [0.25, 0.3) is 0 Å². The number of hydrogen-bond acceptors (Lipinski definition) is 8. The SMILES string of the molecule is C/C1=C\CC[C@]2(C)O[C@H]2CC[C@]2(C)O[C@@H]2COC(=O)/C(C)=C/CC[C@@]2(C)O[C@@H]2CC[C@@]2(C)O[C@H]2COC1=O. The maximum atomic E-state index is 12.5. The molecule has 0 aromatic carbocycles. The third-order valence-electron chi connectivity index (χ3n) is 9.51. The zero-order valence-electron chi connectivity index (χ0n) is 23.8. The molecule has 0 spiro atoms. The molecule has 0 aliphatic carbocycles. The molecule has 4 saturated heterocycles. The van der Waals surface area contributed by atoms with Crippen molar-refractivity contribution in [1.82, 2.24) is 0 Å². The molecule has 5 heterocycles. The van der Waals surface area contributed by atoms with Crippen molar-refractivity contribution in [3.05, 3.63) is 23.3 Å². The summed E-state index contributed by atoms with van der Waals surface area (Å²) in [5, 5.41) is 0. The second-order valence-electron chi connectivity index (χ2n) is 12.8. The molecule has 38 heavy (non-hydrogen) atoms. The largest absolute Gasteiger partial charge is 0.459 e. The predicted octanol–water partition coefficient (Wildman–Crippen LogP) is 4.73. The number of carbonyl (C=O) groups is 2. The molecule has 5 rings (SSSR count). The number of allylic oxidation sites excluding steroid dienone is 2. The highest BCUT2D eigenvalue weighted by Gasteiger charge is 2.58. The minimum absolute atomic E-state index is 0.0733. The van der Waals surface area contributed by atoms with Crippen molar-refractivity contribution in [3.8, 4) is 0 Å². The van der Waals surface area contributed by atoms with Crippen molar-refractivity contribution in [2.45, 2.75) is 140 Å². The lowest BCUT2D eigenvalue weighted by Gasteiger charge is -2.09. The molecule has 0 unspecified atom stereocenters. The molecule has 0 saturated carbocycles. The first-order valence-electron chi connectivity index (χ1n) is 14.2. The fourth-order valence-electron chi connectivity index (χ4n) is 5.88. The van der Waals surface area contributed by atoms with Crippen LogP contribution < -0.4 is 0 Å². The number of cyclic esters (lactones) is 2. The lowest BCUT2D eigenvalue weighted by Crippen LogP contribution is -2.19. The third-order valence-corrected chi connectivity index (χ3v) is 9.51. The summed E-state index contributed by atoms with van der Waals surface area (Å²) in [5.74, 6) is -0.565. The summed E-state index contributed by atoms with van der Waals surface area (Å²) in [5.41, 5.74) is 0.348. The number of carbonyl (C=O) groups excluding carboxylic acids is 2. The van der Waals surface area contributed by atoms with Crippen LogP contribution in [-0.2, 0) is 38.0 Å². The smallest absolute Gasteiger partial charge is 0.333 e. The minimum atomic E-state index is -0.283. The molecule has 5 aliphatic rings. The van der Waals surface area contributed by atoms with Crippen molar-refractivity contribution in [2.75, 3.05) is 13.2 Å². The van der Waals surface area contributed by atoms with Gasteiger partial charge >= 0.3 is 11.9 Å². The highest BCUT2D eigenvalue weighted by molar-refractivity contribution is 5.88. The Morgan fingerprint density at radius 3 is 1.32 bits per heavy atom. The zero-order valence-corrected chi connectivity index (χ0v) is 23.8. The van der Waals surface area contributed by atoms with Crippen molar-refractivity contribution < 1.29 is 38.0 Å². The number of rotatable bonds is 0. The Morgan fingerprint density at radius 2 is 0.921 bits per heavy atom. The predicted molar refractivity (Wildman–Crippen MR) is 139 cm³/mol. The second-order valence-corrected chi connectivity index (χ2v) is 12.8. The molecule has 212 valence electrons. The fourth-order valence-corrected chi connectivity index (χ4v) is 5.88. The normalized spacial score (nSPS) is 49.2. The van der Waals surface area contributed by atoms with E-state index in [0.717, 1.165) is 51.4 Å². The molecular formula is C30H44O8. The van der Waals surface area contributed by atoms with Gasteiger partial charge in [0.05, 0.1) is 34.6 Å². The van der Waals surface area contributed by atoms with Crippen LogP contribution in [0.4, 0.5) is 0 Å². The van der Waals surface area contributed by atoms with Crippen LogP contribution in [0.3, 0.4) is 0 Å². The molecule has 0 radical (unpaired) electrons. The van der Waals surface area contributed by atoms with Crippen LogP contribution >= 0.6 is 0 Å². The van der Waals surface area contributed by atoms with Gasteiger partial charge < -0.3 is 28.4 Å². The van der Waals surface area contributed by atoms with Gasteiger partial charge in [0, 0.05) is 11.1 Å². The monoisotopic (exact) mass is 532 g/mol. The van der Waals surface area contributed by atoms with Gasteiger partial charge in [0.1, 0.15) is 25.4 Å². The van der Waals surface area contributed by atoms with E-state index >= 15 is 0 Å². The van der Waals surface area contributed by atoms with E-state index in [2.05, 4.69) is 27.7 Å². The molecule has 8 atom stereocenters. The number of esters is 2. The molecule has 0 amide bonds. The zero-order chi connectivity index (χ0) is 27.3. The van der Waals surface area contributed by atoms with Crippen molar-refractivity contribution in [1.29, 1.82) is 0 Å². The van der Waals surface area contributed by atoms with Gasteiger partial charge in [-0.1, -0.05) is 12.2 Å². The average molecular weight is 533 g/mol. The van der Waals surface area contributed by atoms with Crippen LogP contribution in [0.15, 0.2) is 23.3 Å². The van der Waals surface area contributed by atoms with Gasteiger partial charge in [-0.2, -0.15) is 0 Å². The molecular weight excluding hydrogens is 488 g/mol. The number of hydrogen-bond donors (Lipinski definition) is 0. The lowest BCUT2D eigenvalue weighted by molar-refractivity contribution is -0.140. The summed E-state index contributed by atoms with van der Waals surface area (Å²) in [6, 6.07) is 0. The summed E-state index contributed by atoms with van der Waals surface area (Å²) < 4.78 is 34.9. The molecule has 4 fully saturated rings. The third kappa shape index (κ3) is 6.19. The van der Waals surface area contributed by atoms with Gasteiger partial charge in [-0.05, 0) is 92.9 Å². The molecule has 5 aliphatic heterocycles. The standard InChI is InChI=1S/C30H44O8/c1-19-9-7-13-27(3)21(35-27)11-16-30(6)24(38-30)18-34-26(32)20(2)10-8-14-28(4)22(36-28)12-15-29(5)23(37-29)17-33-25(19)31/h9-10,21-24H,7-8,11-18H2,1-6H3/b19-9+,20-10+/t21-,22+,23-,24+,27-,28+,29+,30-. The summed E-state index contributed by atoms with van der Waals surface area (Å²) >= 11 is 0. The number of epoxide rings is 4.